The minimum Gasteiger partial charge on any atom is -0.399 e. The molecule has 2 rings (SSSR count). The zero-order valence-electron chi connectivity index (χ0n) is 9.37. The molecule has 0 saturated heterocycles. The molecule has 0 fully saturated rings. The van der Waals surface area contributed by atoms with Crippen LogP contribution in [0.15, 0.2) is 53.7 Å². The van der Waals surface area contributed by atoms with Crippen molar-refractivity contribution in [1.82, 2.24) is 4.98 Å². The molecular formula is C13H14N2OS. The highest BCUT2D eigenvalue weighted by Crippen LogP contribution is 2.12. The second-order valence-electron chi connectivity index (χ2n) is 3.73. The Morgan fingerprint density at radius 2 is 1.94 bits per heavy atom. The van der Waals surface area contributed by atoms with Crippen molar-refractivity contribution >= 4 is 16.5 Å². The lowest BCUT2D eigenvalue weighted by atomic mass is 10.2. The number of aromatic nitrogens is 1. The van der Waals surface area contributed by atoms with Gasteiger partial charge in [-0.2, -0.15) is 0 Å². The first-order valence-electron chi connectivity index (χ1n) is 5.38. The number of pyridine rings is 1. The summed E-state index contributed by atoms with van der Waals surface area (Å²) < 4.78 is 12.0. The molecule has 1 aromatic carbocycles. The molecule has 0 aliphatic carbocycles. The van der Waals surface area contributed by atoms with Crippen LogP contribution in [-0.2, 0) is 17.2 Å². The van der Waals surface area contributed by atoms with Gasteiger partial charge in [0.1, 0.15) is 0 Å². The lowest BCUT2D eigenvalue weighted by molar-refractivity contribution is 0.682. The summed E-state index contributed by atoms with van der Waals surface area (Å²) in [6.45, 7) is 0. The van der Waals surface area contributed by atoms with Crippen molar-refractivity contribution in [2.45, 2.75) is 11.3 Å². The average Bonchev–Trinajstić information content (AvgIpc) is 2.37. The molecular weight excluding hydrogens is 232 g/mol. The van der Waals surface area contributed by atoms with E-state index in [1.54, 1.807) is 24.5 Å². The van der Waals surface area contributed by atoms with Gasteiger partial charge in [-0.3, -0.25) is 9.19 Å². The topological polar surface area (TPSA) is 56.0 Å². The Bertz CT molecular complexity index is 514. The Hall–Kier alpha value is -1.68. The van der Waals surface area contributed by atoms with Gasteiger partial charge in [-0.1, -0.05) is 6.07 Å². The smallest absolute Gasteiger partial charge is 0.0533 e. The van der Waals surface area contributed by atoms with Gasteiger partial charge < -0.3 is 5.73 Å². The van der Waals surface area contributed by atoms with Crippen molar-refractivity contribution in [1.29, 1.82) is 0 Å². The number of rotatable bonds is 4. The van der Waals surface area contributed by atoms with Crippen LogP contribution in [0.5, 0.6) is 0 Å². The first-order chi connectivity index (χ1) is 8.25. The molecule has 0 spiro atoms. The number of nitrogen functional groups attached to an aromatic ring is 1. The van der Waals surface area contributed by atoms with Crippen molar-refractivity contribution in [3.05, 3.63) is 54.4 Å². The number of nitrogens with zero attached hydrogens (tertiary/aromatic N) is 1. The van der Waals surface area contributed by atoms with Gasteiger partial charge in [0.2, 0.25) is 0 Å². The molecule has 2 N–H and O–H groups in total. The van der Waals surface area contributed by atoms with Crippen molar-refractivity contribution in [3.8, 4) is 0 Å². The summed E-state index contributed by atoms with van der Waals surface area (Å²) in [6, 6.07) is 11.1. The summed E-state index contributed by atoms with van der Waals surface area (Å²) in [5, 5.41) is 0. The van der Waals surface area contributed by atoms with Crippen LogP contribution in [-0.4, -0.2) is 14.9 Å². The third-order valence-electron chi connectivity index (χ3n) is 2.45. The van der Waals surface area contributed by atoms with E-state index in [-0.39, 0.29) is 0 Å². The van der Waals surface area contributed by atoms with Gasteiger partial charge in [-0.05, 0) is 42.3 Å². The maximum absolute atomic E-state index is 12.0. The van der Waals surface area contributed by atoms with Crippen LogP contribution in [0.2, 0.25) is 0 Å². The van der Waals surface area contributed by atoms with Gasteiger partial charge in [0.15, 0.2) is 0 Å². The number of nitrogens with two attached hydrogens (primary N) is 1. The first-order valence-corrected chi connectivity index (χ1v) is 6.70. The predicted octanol–water partition coefficient (Wildman–Crippen LogP) is 2.01. The number of hydrogen-bond acceptors (Lipinski definition) is 3. The maximum Gasteiger partial charge on any atom is 0.0533 e. The van der Waals surface area contributed by atoms with Crippen LogP contribution in [0, 0.1) is 0 Å². The monoisotopic (exact) mass is 246 g/mol. The number of benzene rings is 1. The number of aryl methyl sites for hydroxylation is 1. The molecule has 3 nitrogen and oxygen atoms in total. The maximum atomic E-state index is 12.0. The van der Waals surface area contributed by atoms with Crippen molar-refractivity contribution in [3.63, 3.8) is 0 Å². The van der Waals surface area contributed by atoms with E-state index in [4.69, 9.17) is 5.73 Å². The van der Waals surface area contributed by atoms with Crippen LogP contribution < -0.4 is 5.73 Å². The van der Waals surface area contributed by atoms with E-state index >= 15 is 0 Å². The molecule has 88 valence electrons. The molecule has 0 aliphatic rings. The fourth-order valence-corrected chi connectivity index (χ4v) is 2.69. The highest BCUT2D eigenvalue weighted by molar-refractivity contribution is 7.85. The van der Waals surface area contributed by atoms with Crippen LogP contribution in [0.3, 0.4) is 0 Å². The van der Waals surface area contributed by atoms with Crippen molar-refractivity contribution in [2.24, 2.45) is 0 Å². The summed E-state index contributed by atoms with van der Waals surface area (Å²) in [7, 11) is -0.995. The van der Waals surface area contributed by atoms with Gasteiger partial charge in [0.05, 0.1) is 10.8 Å². The fourth-order valence-electron chi connectivity index (χ4n) is 1.53. The first kappa shape index (κ1) is 11.8. The van der Waals surface area contributed by atoms with Crippen molar-refractivity contribution in [2.75, 3.05) is 11.5 Å². The van der Waals surface area contributed by atoms with Crippen LogP contribution in [0.1, 0.15) is 5.56 Å². The fraction of sp³-hybridized carbons (Fsp3) is 0.154. The van der Waals surface area contributed by atoms with E-state index in [0.717, 1.165) is 16.9 Å². The molecule has 1 unspecified atom stereocenters. The Morgan fingerprint density at radius 1 is 1.18 bits per heavy atom. The van der Waals surface area contributed by atoms with E-state index in [1.807, 2.05) is 24.3 Å². The molecule has 4 heteroatoms. The van der Waals surface area contributed by atoms with Gasteiger partial charge in [-0.15, -0.1) is 0 Å². The summed E-state index contributed by atoms with van der Waals surface area (Å²) in [4.78, 5) is 4.74. The largest absolute Gasteiger partial charge is 0.399 e. The molecule has 1 aromatic heterocycles. The molecule has 0 radical (unpaired) electrons. The third kappa shape index (κ3) is 3.39. The third-order valence-corrected chi connectivity index (χ3v) is 3.80. The summed E-state index contributed by atoms with van der Waals surface area (Å²) in [5.41, 5.74) is 7.46. The Morgan fingerprint density at radius 3 is 2.65 bits per heavy atom. The standard InChI is InChI=1S/C13H14N2OS/c14-12-2-1-3-13(10-12)17(16)9-6-11-4-7-15-8-5-11/h1-5,7-8,10H,6,9,14H2. The van der Waals surface area contributed by atoms with Crippen molar-refractivity contribution < 1.29 is 4.21 Å². The molecule has 1 heterocycles. The minimum atomic E-state index is -0.995. The molecule has 2 aromatic rings. The molecule has 0 saturated carbocycles. The van der Waals surface area contributed by atoms with E-state index < -0.39 is 10.8 Å². The van der Waals surface area contributed by atoms with E-state index in [0.29, 0.717) is 11.4 Å². The highest BCUT2D eigenvalue weighted by Gasteiger charge is 2.04. The summed E-state index contributed by atoms with van der Waals surface area (Å²) in [6.07, 6.45) is 4.28. The van der Waals surface area contributed by atoms with E-state index in [2.05, 4.69) is 4.98 Å². The molecule has 0 bridgehead atoms. The van der Waals surface area contributed by atoms with Gasteiger partial charge >= 0.3 is 0 Å². The second kappa shape index (κ2) is 5.59. The quantitative estimate of drug-likeness (QED) is 0.840. The Kier molecular flexibility index (Phi) is 3.88. The lowest BCUT2D eigenvalue weighted by Crippen LogP contribution is -2.02. The Labute approximate surface area is 103 Å². The molecule has 0 aliphatic heterocycles. The summed E-state index contributed by atoms with van der Waals surface area (Å²) in [5.74, 6) is 0.605. The Balaban J connectivity index is 1.98. The van der Waals surface area contributed by atoms with Gasteiger partial charge in [-0.25, -0.2) is 0 Å². The normalized spacial score (nSPS) is 12.2. The molecule has 0 amide bonds. The lowest BCUT2D eigenvalue weighted by Gasteiger charge is -2.03. The molecule has 17 heavy (non-hydrogen) atoms. The van der Waals surface area contributed by atoms with Gasteiger partial charge in [0.25, 0.3) is 0 Å². The SMILES string of the molecule is Nc1cccc(S(=O)CCc2ccncc2)c1. The van der Waals surface area contributed by atoms with Crippen LogP contribution in [0.4, 0.5) is 5.69 Å². The number of hydrogen-bond donors (Lipinski definition) is 1. The minimum absolute atomic E-state index is 0.605. The van der Waals surface area contributed by atoms with Gasteiger partial charge in [0, 0.05) is 28.7 Å². The summed E-state index contributed by atoms with van der Waals surface area (Å²) >= 11 is 0. The van der Waals surface area contributed by atoms with Crippen LogP contribution >= 0.6 is 0 Å². The average molecular weight is 246 g/mol. The zero-order chi connectivity index (χ0) is 12.1. The number of anilines is 1. The second-order valence-corrected chi connectivity index (χ2v) is 5.30. The zero-order valence-corrected chi connectivity index (χ0v) is 10.2. The predicted molar refractivity (Wildman–Crippen MR) is 70.1 cm³/mol. The highest BCUT2D eigenvalue weighted by atomic mass is 32.2. The van der Waals surface area contributed by atoms with Crippen LogP contribution in [0.25, 0.3) is 0 Å². The van der Waals surface area contributed by atoms with E-state index in [1.165, 1.54) is 0 Å². The molecule has 1 atom stereocenters. The van der Waals surface area contributed by atoms with E-state index in [9.17, 15) is 4.21 Å².